The largest absolute Gasteiger partial charge is 0.489 e. The minimum Gasteiger partial charge on any atom is -0.489 e. The van der Waals surface area contributed by atoms with Crippen molar-refractivity contribution in [1.82, 2.24) is 10.5 Å². The molecule has 1 aliphatic carbocycles. The maximum absolute atomic E-state index is 12.3. The number of hydrogen-bond acceptors (Lipinski definition) is 5. The summed E-state index contributed by atoms with van der Waals surface area (Å²) in [4.78, 5) is 12.3. The molecule has 1 atom stereocenters. The van der Waals surface area contributed by atoms with Crippen LogP contribution in [0.25, 0.3) is 0 Å². The Hall–Kier alpha value is -2.05. The van der Waals surface area contributed by atoms with Crippen molar-refractivity contribution in [2.75, 3.05) is 6.54 Å². The van der Waals surface area contributed by atoms with Gasteiger partial charge in [-0.3, -0.25) is 4.79 Å². The summed E-state index contributed by atoms with van der Waals surface area (Å²) in [7, 11) is 0. The van der Waals surface area contributed by atoms with Crippen molar-refractivity contribution < 1.29 is 14.1 Å². The molecule has 0 aliphatic heterocycles. The molecule has 1 unspecified atom stereocenters. The monoisotopic (exact) mass is 393 g/mol. The Morgan fingerprint density at radius 2 is 2.00 bits per heavy atom. The predicted octanol–water partition coefficient (Wildman–Crippen LogP) is 3.08. The summed E-state index contributed by atoms with van der Waals surface area (Å²) in [6.45, 7) is 6.69. The van der Waals surface area contributed by atoms with Gasteiger partial charge in [0.25, 0.3) is 0 Å². The van der Waals surface area contributed by atoms with Gasteiger partial charge in [-0.1, -0.05) is 17.3 Å². The number of nitrogens with two attached hydrogens (primary N) is 1. The molecule has 1 aliphatic rings. The smallest absolute Gasteiger partial charge is 0.224 e. The fourth-order valence-corrected chi connectivity index (χ4v) is 3.16. The summed E-state index contributed by atoms with van der Waals surface area (Å²) >= 11 is 0. The summed E-state index contributed by atoms with van der Waals surface area (Å²) in [6, 6.07) is 7.59. The van der Waals surface area contributed by atoms with Gasteiger partial charge in [0.1, 0.15) is 18.1 Å². The standard InChI is InChI=1S/C20H27N3O3.ClH/c1-13-18(14(2)26-23-13)11-25-17-8-4-15(5-9-17)10-19(24)22-20(3,12-21)16-6-7-16;/h4-5,8-9,16H,6-7,10-12,21H2,1-3H3,(H,22,24);1H. The number of aryl methyl sites for hydroxylation is 2. The highest BCUT2D eigenvalue weighted by Crippen LogP contribution is 2.39. The number of nitrogens with zero attached hydrogens (tertiary/aromatic N) is 1. The number of aromatic nitrogens is 1. The fraction of sp³-hybridized carbons (Fsp3) is 0.500. The normalized spacial score (nSPS) is 15.6. The Kier molecular flexibility index (Phi) is 6.89. The van der Waals surface area contributed by atoms with Crippen LogP contribution in [0.2, 0.25) is 0 Å². The first-order valence-corrected chi connectivity index (χ1v) is 9.06. The van der Waals surface area contributed by atoms with Crippen molar-refractivity contribution in [3.05, 3.63) is 46.8 Å². The lowest BCUT2D eigenvalue weighted by atomic mass is 9.95. The van der Waals surface area contributed by atoms with Crippen molar-refractivity contribution >= 4 is 18.3 Å². The number of carbonyl (C=O) groups excluding carboxylic acids is 1. The molecule has 1 heterocycles. The summed E-state index contributed by atoms with van der Waals surface area (Å²) in [5.41, 5.74) is 8.33. The molecule has 2 aromatic rings. The van der Waals surface area contributed by atoms with Crippen LogP contribution in [0, 0.1) is 19.8 Å². The minimum absolute atomic E-state index is 0. The number of carbonyl (C=O) groups is 1. The maximum atomic E-state index is 12.3. The first kappa shape index (κ1) is 21.3. The number of hydrogen-bond donors (Lipinski definition) is 2. The van der Waals surface area contributed by atoms with Gasteiger partial charge < -0.3 is 20.3 Å². The van der Waals surface area contributed by atoms with Gasteiger partial charge in [0.05, 0.1) is 23.2 Å². The molecule has 27 heavy (non-hydrogen) atoms. The number of amides is 1. The lowest BCUT2D eigenvalue weighted by Crippen LogP contribution is -2.53. The summed E-state index contributed by atoms with van der Waals surface area (Å²) in [6.07, 6.45) is 2.63. The molecule has 6 nitrogen and oxygen atoms in total. The maximum Gasteiger partial charge on any atom is 0.224 e. The zero-order valence-corrected chi connectivity index (χ0v) is 16.9. The molecule has 0 saturated heterocycles. The van der Waals surface area contributed by atoms with Gasteiger partial charge in [-0.2, -0.15) is 0 Å². The zero-order chi connectivity index (χ0) is 18.7. The molecule has 0 bridgehead atoms. The Morgan fingerprint density at radius 3 is 2.52 bits per heavy atom. The fourth-order valence-electron chi connectivity index (χ4n) is 3.16. The molecule has 0 spiro atoms. The number of rotatable bonds is 8. The zero-order valence-electron chi connectivity index (χ0n) is 16.1. The van der Waals surface area contributed by atoms with Gasteiger partial charge in [0.2, 0.25) is 5.91 Å². The van der Waals surface area contributed by atoms with E-state index in [2.05, 4.69) is 10.5 Å². The van der Waals surface area contributed by atoms with Crippen LogP contribution in [0.15, 0.2) is 28.8 Å². The third kappa shape index (κ3) is 5.23. The van der Waals surface area contributed by atoms with E-state index >= 15 is 0 Å². The van der Waals surface area contributed by atoms with Crippen molar-refractivity contribution in [2.45, 2.75) is 52.2 Å². The van der Waals surface area contributed by atoms with Crippen LogP contribution >= 0.6 is 12.4 Å². The highest BCUT2D eigenvalue weighted by molar-refractivity contribution is 5.85. The molecule has 1 fully saturated rings. The second-order valence-electron chi connectivity index (χ2n) is 7.36. The van der Waals surface area contributed by atoms with Gasteiger partial charge in [-0.15, -0.1) is 12.4 Å². The van der Waals surface area contributed by atoms with Crippen molar-refractivity contribution in [1.29, 1.82) is 0 Å². The van der Waals surface area contributed by atoms with E-state index in [-0.39, 0.29) is 23.9 Å². The van der Waals surface area contributed by atoms with E-state index < -0.39 is 0 Å². The predicted molar refractivity (Wildman–Crippen MR) is 106 cm³/mol. The van der Waals surface area contributed by atoms with Crippen molar-refractivity contribution in [3.63, 3.8) is 0 Å². The highest BCUT2D eigenvalue weighted by atomic mass is 35.5. The Balaban J connectivity index is 0.00000261. The molecule has 1 amide bonds. The minimum atomic E-state index is -0.283. The van der Waals surface area contributed by atoms with Crippen molar-refractivity contribution in [3.8, 4) is 5.75 Å². The van der Waals surface area contributed by atoms with E-state index in [0.717, 1.165) is 41.2 Å². The molecule has 0 radical (unpaired) electrons. The van der Waals surface area contributed by atoms with E-state index in [1.54, 1.807) is 0 Å². The lowest BCUT2D eigenvalue weighted by Gasteiger charge is -2.29. The van der Waals surface area contributed by atoms with Crippen LogP contribution in [0.4, 0.5) is 0 Å². The molecule has 148 valence electrons. The third-order valence-electron chi connectivity index (χ3n) is 5.18. The molecule has 1 aromatic carbocycles. The molecular formula is C20H28ClN3O3. The Morgan fingerprint density at radius 1 is 1.33 bits per heavy atom. The van der Waals surface area contributed by atoms with E-state index in [0.29, 0.717) is 25.5 Å². The molecule has 3 rings (SSSR count). The average Bonchev–Trinajstić information content (AvgIpc) is 3.42. The van der Waals surface area contributed by atoms with Crippen molar-refractivity contribution in [2.24, 2.45) is 11.7 Å². The molecule has 3 N–H and O–H groups in total. The van der Waals surface area contributed by atoms with Crippen LogP contribution in [0.3, 0.4) is 0 Å². The van der Waals surface area contributed by atoms with E-state index in [1.807, 2.05) is 45.0 Å². The van der Waals surface area contributed by atoms with Crippen LogP contribution in [0.5, 0.6) is 5.75 Å². The van der Waals surface area contributed by atoms with Gasteiger partial charge >= 0.3 is 0 Å². The van der Waals surface area contributed by atoms with Crippen LogP contribution in [0.1, 0.15) is 42.3 Å². The van der Waals surface area contributed by atoms with Gasteiger partial charge in [0, 0.05) is 6.54 Å². The topological polar surface area (TPSA) is 90.4 Å². The third-order valence-corrected chi connectivity index (χ3v) is 5.18. The first-order chi connectivity index (χ1) is 12.4. The van der Waals surface area contributed by atoms with Gasteiger partial charge in [-0.25, -0.2) is 0 Å². The van der Waals surface area contributed by atoms with Gasteiger partial charge in [-0.05, 0) is 57.2 Å². The highest BCUT2D eigenvalue weighted by Gasteiger charge is 2.41. The summed E-state index contributed by atoms with van der Waals surface area (Å²) in [5.74, 6) is 2.04. The number of halogens is 1. The van der Waals surface area contributed by atoms with Crippen LogP contribution in [-0.4, -0.2) is 23.1 Å². The quantitative estimate of drug-likeness (QED) is 0.719. The summed E-state index contributed by atoms with van der Waals surface area (Å²) < 4.78 is 10.9. The Labute approximate surface area is 166 Å². The van der Waals surface area contributed by atoms with E-state index in [1.165, 1.54) is 0 Å². The first-order valence-electron chi connectivity index (χ1n) is 9.06. The molecule has 7 heteroatoms. The molecule has 1 aromatic heterocycles. The lowest BCUT2D eigenvalue weighted by molar-refractivity contribution is -0.122. The van der Waals surface area contributed by atoms with Crippen LogP contribution in [-0.2, 0) is 17.8 Å². The Bertz CT molecular complexity index is 752. The van der Waals surface area contributed by atoms with E-state index in [4.69, 9.17) is 15.0 Å². The van der Waals surface area contributed by atoms with Crippen LogP contribution < -0.4 is 15.8 Å². The second kappa shape index (κ2) is 8.76. The SMILES string of the molecule is Cc1noc(C)c1COc1ccc(CC(=O)NC(C)(CN)C2CC2)cc1.Cl. The van der Waals surface area contributed by atoms with Gasteiger partial charge in [0.15, 0.2) is 0 Å². The molecule has 1 saturated carbocycles. The number of nitrogens with one attached hydrogen (secondary N) is 1. The second-order valence-corrected chi connectivity index (χ2v) is 7.36. The summed E-state index contributed by atoms with van der Waals surface area (Å²) in [5, 5.41) is 7.03. The van der Waals surface area contributed by atoms with E-state index in [9.17, 15) is 4.79 Å². The number of ether oxygens (including phenoxy) is 1. The average molecular weight is 394 g/mol. The number of benzene rings is 1. The molecular weight excluding hydrogens is 366 g/mol.